The maximum Gasteiger partial charge on any atom is 0.490 e. The van der Waals surface area contributed by atoms with E-state index in [0.717, 1.165) is 44.5 Å². The number of nitrogens with one attached hydrogen (secondary N) is 1. The van der Waals surface area contributed by atoms with E-state index in [2.05, 4.69) is 43.7 Å². The molecule has 17 heteroatoms. The Morgan fingerprint density at radius 1 is 0.902 bits per heavy atom. The number of aromatic nitrogens is 3. The van der Waals surface area contributed by atoms with Gasteiger partial charge in [-0.15, -0.1) is 10.2 Å². The van der Waals surface area contributed by atoms with E-state index < -0.39 is 24.3 Å². The van der Waals surface area contributed by atoms with Crippen molar-refractivity contribution in [3.8, 4) is 0 Å². The molecular formula is C24H36F6N6O5. The molecule has 1 unspecified atom stereocenters. The van der Waals surface area contributed by atoms with E-state index in [1.807, 2.05) is 0 Å². The summed E-state index contributed by atoms with van der Waals surface area (Å²) < 4.78 is 65.5. The van der Waals surface area contributed by atoms with Gasteiger partial charge in [-0.25, -0.2) is 9.59 Å². The summed E-state index contributed by atoms with van der Waals surface area (Å²) in [4.78, 5) is 35.5. The summed E-state index contributed by atoms with van der Waals surface area (Å²) in [7, 11) is 0. The van der Waals surface area contributed by atoms with Crippen molar-refractivity contribution in [2.75, 3.05) is 39.3 Å². The highest BCUT2D eigenvalue weighted by molar-refractivity contribution is 5.90. The summed E-state index contributed by atoms with van der Waals surface area (Å²) in [6, 6.07) is 0.273. The highest BCUT2D eigenvalue weighted by Crippen LogP contribution is 2.31. The second kappa shape index (κ2) is 14.8. The second-order valence-corrected chi connectivity index (χ2v) is 10.6. The molecule has 4 rings (SSSR count). The molecule has 2 fully saturated rings. The maximum absolute atomic E-state index is 12.5. The molecule has 1 saturated heterocycles. The summed E-state index contributed by atoms with van der Waals surface area (Å²) in [5, 5.41) is 26.0. The Balaban J connectivity index is 0.000000349. The number of nitrogens with zero attached hydrogens (tertiary/aromatic N) is 5. The van der Waals surface area contributed by atoms with Crippen molar-refractivity contribution >= 4 is 17.8 Å². The van der Waals surface area contributed by atoms with E-state index >= 15 is 0 Å². The number of carbonyl (C=O) groups excluding carboxylic acids is 1. The molecule has 0 aromatic carbocycles. The lowest BCUT2D eigenvalue weighted by Crippen LogP contribution is -2.53. The van der Waals surface area contributed by atoms with Crippen molar-refractivity contribution in [3.05, 3.63) is 11.6 Å². The third-order valence-electron chi connectivity index (χ3n) is 6.86. The minimum Gasteiger partial charge on any atom is -0.475 e. The molecular weight excluding hydrogens is 566 g/mol. The summed E-state index contributed by atoms with van der Waals surface area (Å²) in [6.45, 7) is 11.2. The Bertz CT molecular complexity index is 1000. The summed E-state index contributed by atoms with van der Waals surface area (Å²) in [5.41, 5.74) is 0. The minimum absolute atomic E-state index is 0.0919. The molecule has 1 aromatic rings. The lowest BCUT2D eigenvalue weighted by molar-refractivity contribution is -0.193. The lowest BCUT2D eigenvalue weighted by Gasteiger charge is -2.44. The molecule has 1 amide bonds. The number of fused-ring (bicyclic) bond motifs is 3. The van der Waals surface area contributed by atoms with E-state index in [-0.39, 0.29) is 11.9 Å². The molecule has 3 aliphatic rings. The van der Waals surface area contributed by atoms with Crippen LogP contribution in [0.25, 0.3) is 0 Å². The Morgan fingerprint density at radius 2 is 1.44 bits per heavy atom. The van der Waals surface area contributed by atoms with Gasteiger partial charge in [0.25, 0.3) is 5.91 Å². The predicted octanol–water partition coefficient (Wildman–Crippen LogP) is 3.18. The van der Waals surface area contributed by atoms with Crippen LogP contribution in [-0.2, 0) is 16.1 Å². The van der Waals surface area contributed by atoms with Crippen molar-refractivity contribution in [2.45, 2.75) is 70.9 Å². The number of carboxylic acid groups (broad SMARTS) is 2. The number of aliphatic carboxylic acids is 2. The molecule has 2 aliphatic heterocycles. The lowest BCUT2D eigenvalue weighted by atomic mass is 9.88. The van der Waals surface area contributed by atoms with Gasteiger partial charge in [0.05, 0.1) is 6.04 Å². The number of alkyl halides is 6. The van der Waals surface area contributed by atoms with Gasteiger partial charge in [0, 0.05) is 45.8 Å². The van der Waals surface area contributed by atoms with Gasteiger partial charge in [-0.2, -0.15) is 26.3 Å². The standard InChI is InChI=1S/C20H34N6O.2C2HF3O2/c1-15(2)12-21-20(27)19-23-22-18-17-14-24(13-16-6-4-3-5-7-16)8-9-25(17)10-11-26(18)19;2*3-2(4,5)1(6)7/h15-17H,3-14H2,1-2H3,(H,21,27);2*(H,6,7). The smallest absolute Gasteiger partial charge is 0.475 e. The van der Waals surface area contributed by atoms with E-state index in [1.165, 1.54) is 38.6 Å². The topological polar surface area (TPSA) is 141 Å². The molecule has 11 nitrogen and oxygen atoms in total. The first-order valence-electron chi connectivity index (χ1n) is 13.3. The monoisotopic (exact) mass is 602 g/mol. The van der Waals surface area contributed by atoms with Crippen LogP contribution in [0, 0.1) is 11.8 Å². The molecule has 234 valence electrons. The fourth-order valence-electron chi connectivity index (χ4n) is 4.84. The number of hydrogen-bond acceptors (Lipinski definition) is 7. The third kappa shape index (κ3) is 10.8. The zero-order chi connectivity index (χ0) is 31.0. The van der Waals surface area contributed by atoms with Crippen LogP contribution in [0.4, 0.5) is 26.3 Å². The van der Waals surface area contributed by atoms with Crippen LogP contribution in [0.3, 0.4) is 0 Å². The molecule has 0 radical (unpaired) electrons. The first-order valence-corrected chi connectivity index (χ1v) is 13.3. The van der Waals surface area contributed by atoms with Crippen LogP contribution in [0.1, 0.15) is 68.4 Å². The van der Waals surface area contributed by atoms with Gasteiger partial charge in [0.1, 0.15) is 0 Å². The number of hydrogen-bond donors (Lipinski definition) is 3. The molecule has 1 atom stereocenters. The first-order chi connectivity index (χ1) is 19.0. The van der Waals surface area contributed by atoms with Crippen molar-refractivity contribution < 1.29 is 50.9 Å². The Hall–Kier alpha value is -2.95. The van der Waals surface area contributed by atoms with Crippen molar-refractivity contribution in [1.82, 2.24) is 29.9 Å². The number of amides is 1. The molecule has 41 heavy (non-hydrogen) atoms. The molecule has 3 heterocycles. The second-order valence-electron chi connectivity index (χ2n) is 10.6. The number of carbonyl (C=O) groups is 3. The Morgan fingerprint density at radius 3 is 1.95 bits per heavy atom. The van der Waals surface area contributed by atoms with Gasteiger partial charge >= 0.3 is 24.3 Å². The highest BCUT2D eigenvalue weighted by atomic mass is 19.4. The quantitative estimate of drug-likeness (QED) is 0.434. The average Bonchev–Trinajstić information content (AvgIpc) is 3.32. The molecule has 1 aliphatic carbocycles. The van der Waals surface area contributed by atoms with Crippen LogP contribution in [-0.4, -0.2) is 104 Å². The summed E-state index contributed by atoms with van der Waals surface area (Å²) >= 11 is 0. The zero-order valence-corrected chi connectivity index (χ0v) is 22.8. The highest BCUT2D eigenvalue weighted by Gasteiger charge is 2.39. The molecule has 1 aromatic heterocycles. The van der Waals surface area contributed by atoms with E-state index in [0.29, 0.717) is 18.3 Å². The summed E-state index contributed by atoms with van der Waals surface area (Å²) in [5.74, 6) is -2.85. The number of halogens is 6. The number of rotatable bonds is 5. The van der Waals surface area contributed by atoms with Crippen LogP contribution in [0.15, 0.2) is 0 Å². The van der Waals surface area contributed by atoms with E-state index in [9.17, 15) is 31.1 Å². The zero-order valence-electron chi connectivity index (χ0n) is 22.8. The van der Waals surface area contributed by atoms with Crippen molar-refractivity contribution in [3.63, 3.8) is 0 Å². The van der Waals surface area contributed by atoms with Gasteiger partial charge in [-0.05, 0) is 24.7 Å². The molecule has 0 bridgehead atoms. The molecule has 1 saturated carbocycles. The van der Waals surface area contributed by atoms with E-state index in [1.54, 1.807) is 0 Å². The van der Waals surface area contributed by atoms with Gasteiger partial charge in [0.15, 0.2) is 5.82 Å². The fourth-order valence-corrected chi connectivity index (χ4v) is 4.84. The van der Waals surface area contributed by atoms with Crippen LogP contribution in [0.2, 0.25) is 0 Å². The van der Waals surface area contributed by atoms with Crippen molar-refractivity contribution in [1.29, 1.82) is 0 Å². The number of piperazine rings is 1. The summed E-state index contributed by atoms with van der Waals surface area (Å²) in [6.07, 6.45) is -3.17. The maximum atomic E-state index is 12.5. The van der Waals surface area contributed by atoms with Crippen LogP contribution in [0.5, 0.6) is 0 Å². The van der Waals surface area contributed by atoms with Crippen LogP contribution < -0.4 is 5.32 Å². The Labute approximate surface area is 232 Å². The van der Waals surface area contributed by atoms with E-state index in [4.69, 9.17) is 19.8 Å². The predicted molar refractivity (Wildman–Crippen MR) is 132 cm³/mol. The van der Waals surface area contributed by atoms with Crippen LogP contribution >= 0.6 is 0 Å². The van der Waals surface area contributed by atoms with Gasteiger partial charge < -0.3 is 20.1 Å². The number of carboxylic acids is 2. The molecule has 0 spiro atoms. The largest absolute Gasteiger partial charge is 0.490 e. The average molecular weight is 603 g/mol. The van der Waals surface area contributed by atoms with Gasteiger partial charge in [-0.3, -0.25) is 14.6 Å². The Kier molecular flexibility index (Phi) is 12.4. The molecule has 3 N–H and O–H groups in total. The van der Waals surface area contributed by atoms with Gasteiger partial charge in [0.2, 0.25) is 5.82 Å². The first kappa shape index (κ1) is 34.3. The minimum atomic E-state index is -5.08. The normalized spacial score (nSPS) is 20.1. The third-order valence-corrected chi connectivity index (χ3v) is 6.86. The van der Waals surface area contributed by atoms with Crippen molar-refractivity contribution in [2.24, 2.45) is 11.8 Å². The fraction of sp³-hybridized carbons (Fsp3) is 0.792. The SMILES string of the molecule is CC(C)CNC(=O)c1nnc2n1CCN1CCN(CC3CCCCC3)CC21.O=C(O)C(F)(F)F.O=C(O)C(F)(F)F. The van der Waals surface area contributed by atoms with Gasteiger partial charge in [-0.1, -0.05) is 33.1 Å².